The highest BCUT2D eigenvalue weighted by Gasteiger charge is 2.30. The lowest BCUT2D eigenvalue weighted by Gasteiger charge is -2.13. The summed E-state index contributed by atoms with van der Waals surface area (Å²) in [7, 11) is 1.83. The van der Waals surface area contributed by atoms with Crippen LogP contribution in [0.25, 0.3) is 11.0 Å². The van der Waals surface area contributed by atoms with Gasteiger partial charge in [0.2, 0.25) is 0 Å². The van der Waals surface area contributed by atoms with E-state index >= 15 is 0 Å². The zero-order chi connectivity index (χ0) is 13.4. The first-order valence-corrected chi connectivity index (χ1v) is 6.27. The Hall–Kier alpha value is -2.18. The van der Waals surface area contributed by atoms with Crippen molar-refractivity contribution in [2.45, 2.75) is 25.3 Å². The van der Waals surface area contributed by atoms with Crippen LogP contribution in [0.3, 0.4) is 0 Å². The molecule has 2 N–H and O–H groups in total. The van der Waals surface area contributed by atoms with Gasteiger partial charge in [-0.2, -0.15) is 5.10 Å². The summed E-state index contributed by atoms with van der Waals surface area (Å²) in [5.74, 6) is -0.226. The van der Waals surface area contributed by atoms with Crippen LogP contribution in [0.5, 0.6) is 0 Å². The molecule has 3 rings (SSSR count). The van der Waals surface area contributed by atoms with E-state index in [1.807, 2.05) is 7.05 Å². The molecule has 0 saturated heterocycles. The van der Waals surface area contributed by atoms with Crippen molar-refractivity contribution < 1.29 is 9.90 Å². The highest BCUT2D eigenvalue weighted by Crippen LogP contribution is 2.29. The number of nitrogens with one attached hydrogen (secondary N) is 1. The van der Waals surface area contributed by atoms with Gasteiger partial charge < -0.3 is 10.4 Å². The third kappa shape index (κ3) is 2.11. The van der Waals surface area contributed by atoms with Gasteiger partial charge in [-0.3, -0.25) is 9.48 Å². The van der Waals surface area contributed by atoms with Gasteiger partial charge in [-0.1, -0.05) is 0 Å². The van der Waals surface area contributed by atoms with Gasteiger partial charge >= 0.3 is 5.97 Å². The third-order valence-corrected chi connectivity index (χ3v) is 3.65. The lowest BCUT2D eigenvalue weighted by atomic mass is 10.1. The number of carboxylic acids is 1. The lowest BCUT2D eigenvalue weighted by molar-refractivity contribution is -0.141. The van der Waals surface area contributed by atoms with Crippen molar-refractivity contribution in [1.29, 1.82) is 0 Å². The minimum atomic E-state index is -0.710. The van der Waals surface area contributed by atoms with Crippen LogP contribution in [-0.4, -0.2) is 36.9 Å². The zero-order valence-electron chi connectivity index (χ0n) is 10.6. The van der Waals surface area contributed by atoms with Gasteiger partial charge in [0, 0.05) is 13.1 Å². The van der Waals surface area contributed by atoms with Crippen LogP contribution in [0.15, 0.2) is 12.5 Å². The Morgan fingerprint density at radius 3 is 3.05 bits per heavy atom. The van der Waals surface area contributed by atoms with Crippen LogP contribution in [0.1, 0.15) is 19.3 Å². The van der Waals surface area contributed by atoms with E-state index in [0.717, 1.165) is 23.3 Å². The number of aryl methyl sites for hydroxylation is 1. The van der Waals surface area contributed by atoms with E-state index in [0.29, 0.717) is 12.8 Å². The number of carboxylic acid groups (broad SMARTS) is 1. The summed E-state index contributed by atoms with van der Waals surface area (Å²) < 4.78 is 1.69. The Kier molecular flexibility index (Phi) is 2.81. The first-order valence-electron chi connectivity index (χ1n) is 6.27. The van der Waals surface area contributed by atoms with E-state index < -0.39 is 5.97 Å². The minimum absolute atomic E-state index is 0.152. The topological polar surface area (TPSA) is 92.9 Å². The van der Waals surface area contributed by atoms with Gasteiger partial charge in [0.05, 0.1) is 17.5 Å². The van der Waals surface area contributed by atoms with Crippen molar-refractivity contribution in [3.63, 3.8) is 0 Å². The molecule has 0 aromatic carbocycles. The molecular weight excluding hydrogens is 246 g/mol. The van der Waals surface area contributed by atoms with E-state index in [-0.39, 0.29) is 12.0 Å². The summed E-state index contributed by atoms with van der Waals surface area (Å²) in [6.07, 6.45) is 5.43. The highest BCUT2D eigenvalue weighted by atomic mass is 16.4. The smallest absolute Gasteiger partial charge is 0.306 e. The average Bonchev–Trinajstić information content (AvgIpc) is 2.98. The zero-order valence-corrected chi connectivity index (χ0v) is 10.6. The Morgan fingerprint density at radius 2 is 2.32 bits per heavy atom. The fraction of sp³-hybridized carbons (Fsp3) is 0.500. The molecule has 0 spiro atoms. The largest absolute Gasteiger partial charge is 0.481 e. The normalized spacial score (nSPS) is 22.8. The summed E-state index contributed by atoms with van der Waals surface area (Å²) in [4.78, 5) is 19.4. The van der Waals surface area contributed by atoms with Gasteiger partial charge in [-0.15, -0.1) is 0 Å². The molecule has 2 atom stereocenters. The second-order valence-corrected chi connectivity index (χ2v) is 4.92. The highest BCUT2D eigenvalue weighted by molar-refractivity contribution is 5.86. The van der Waals surface area contributed by atoms with Crippen LogP contribution in [0, 0.1) is 5.92 Å². The van der Waals surface area contributed by atoms with Gasteiger partial charge in [-0.05, 0) is 19.3 Å². The number of carbonyl (C=O) groups is 1. The molecule has 2 unspecified atom stereocenters. The van der Waals surface area contributed by atoms with Crippen LogP contribution in [-0.2, 0) is 11.8 Å². The predicted octanol–water partition coefficient (Wildman–Crippen LogP) is 1.03. The second-order valence-electron chi connectivity index (χ2n) is 4.92. The number of aromatic nitrogens is 4. The number of fused-ring (bicyclic) bond motifs is 1. The monoisotopic (exact) mass is 261 g/mol. The molecule has 1 aliphatic carbocycles. The van der Waals surface area contributed by atoms with Gasteiger partial charge in [0.15, 0.2) is 5.65 Å². The first kappa shape index (κ1) is 11.9. The molecule has 2 aromatic heterocycles. The molecule has 0 radical (unpaired) electrons. The summed E-state index contributed by atoms with van der Waals surface area (Å²) in [6.45, 7) is 0. The van der Waals surface area contributed by atoms with Crippen LogP contribution >= 0.6 is 0 Å². The molecule has 2 aromatic rings. The molecule has 1 fully saturated rings. The van der Waals surface area contributed by atoms with E-state index in [2.05, 4.69) is 20.4 Å². The van der Waals surface area contributed by atoms with Crippen molar-refractivity contribution in [2.24, 2.45) is 13.0 Å². The second kappa shape index (κ2) is 4.49. The lowest BCUT2D eigenvalue weighted by Crippen LogP contribution is -2.18. The van der Waals surface area contributed by atoms with Gasteiger partial charge in [0.25, 0.3) is 0 Å². The van der Waals surface area contributed by atoms with Crippen LogP contribution in [0.2, 0.25) is 0 Å². The van der Waals surface area contributed by atoms with Crippen molar-refractivity contribution in [3.8, 4) is 0 Å². The molecule has 1 saturated carbocycles. The van der Waals surface area contributed by atoms with E-state index in [1.165, 1.54) is 6.33 Å². The maximum atomic E-state index is 10.9. The Bertz CT molecular complexity index is 624. The number of hydrogen-bond donors (Lipinski definition) is 2. The molecule has 1 aliphatic rings. The number of anilines is 1. The molecule has 100 valence electrons. The summed E-state index contributed by atoms with van der Waals surface area (Å²) in [6, 6.07) is 0.152. The Morgan fingerprint density at radius 1 is 1.47 bits per heavy atom. The van der Waals surface area contributed by atoms with Crippen molar-refractivity contribution >= 4 is 22.8 Å². The molecule has 0 bridgehead atoms. The van der Waals surface area contributed by atoms with Gasteiger partial charge in [-0.25, -0.2) is 9.97 Å². The van der Waals surface area contributed by atoms with Gasteiger partial charge in [0.1, 0.15) is 12.1 Å². The summed E-state index contributed by atoms with van der Waals surface area (Å²) >= 11 is 0. The van der Waals surface area contributed by atoms with Crippen LogP contribution < -0.4 is 5.32 Å². The fourth-order valence-corrected chi connectivity index (χ4v) is 2.61. The molecule has 0 amide bonds. The first-order chi connectivity index (χ1) is 9.15. The Balaban J connectivity index is 1.81. The fourth-order valence-electron chi connectivity index (χ4n) is 2.61. The summed E-state index contributed by atoms with van der Waals surface area (Å²) in [5, 5.41) is 17.3. The molecule has 7 nitrogen and oxygen atoms in total. The molecule has 2 heterocycles. The average molecular weight is 261 g/mol. The Labute approximate surface area is 109 Å². The summed E-state index contributed by atoms with van der Waals surface area (Å²) in [5.41, 5.74) is 0.769. The predicted molar refractivity (Wildman–Crippen MR) is 68.7 cm³/mol. The number of rotatable bonds is 3. The maximum absolute atomic E-state index is 10.9. The van der Waals surface area contributed by atoms with E-state index in [4.69, 9.17) is 5.11 Å². The van der Waals surface area contributed by atoms with Crippen molar-refractivity contribution in [3.05, 3.63) is 12.5 Å². The van der Waals surface area contributed by atoms with Crippen molar-refractivity contribution in [2.75, 3.05) is 5.32 Å². The molecule has 0 aliphatic heterocycles. The molecule has 19 heavy (non-hydrogen) atoms. The van der Waals surface area contributed by atoms with Crippen LogP contribution in [0.4, 0.5) is 5.82 Å². The van der Waals surface area contributed by atoms with Crippen molar-refractivity contribution in [1.82, 2.24) is 19.7 Å². The molecular formula is C12H15N5O2. The number of hydrogen-bond acceptors (Lipinski definition) is 5. The maximum Gasteiger partial charge on any atom is 0.306 e. The third-order valence-electron chi connectivity index (χ3n) is 3.65. The number of aliphatic carboxylic acids is 1. The number of nitrogens with zero attached hydrogens (tertiary/aromatic N) is 4. The van der Waals surface area contributed by atoms with E-state index in [1.54, 1.807) is 10.9 Å². The molecule has 7 heteroatoms. The SMILES string of the molecule is Cn1ncc2c(NC3CCC(C(=O)O)C3)ncnc21. The van der Waals surface area contributed by atoms with E-state index in [9.17, 15) is 4.79 Å². The standard InChI is InChI=1S/C12H15N5O2/c1-17-11-9(5-15-17)10(13-6-14-11)16-8-3-2-7(4-8)12(18)19/h5-8H,2-4H2,1H3,(H,18,19)(H,13,14,16). The minimum Gasteiger partial charge on any atom is -0.481 e. The quantitative estimate of drug-likeness (QED) is 0.857.